The van der Waals surface area contributed by atoms with Crippen LogP contribution >= 0.6 is 0 Å². The second-order valence-corrected chi connectivity index (χ2v) is 7.24. The van der Waals surface area contributed by atoms with Crippen LogP contribution in [0.15, 0.2) is 67.0 Å². The van der Waals surface area contributed by atoms with Crippen LogP contribution in [-0.2, 0) is 0 Å². The molecule has 0 radical (unpaired) electrons. The second-order valence-electron chi connectivity index (χ2n) is 7.24. The summed E-state index contributed by atoms with van der Waals surface area (Å²) >= 11 is 0. The first kappa shape index (κ1) is 19.4. The monoisotopic (exact) mass is 395 g/mol. The van der Waals surface area contributed by atoms with Crippen molar-refractivity contribution in [3.05, 3.63) is 78.4 Å². The number of ether oxygens (including phenoxy) is 1. The number of terminal acetylenes is 1. The molecule has 0 unspecified atom stereocenters. The van der Waals surface area contributed by atoms with Gasteiger partial charge in [-0.15, -0.1) is 6.42 Å². The number of hydrogen-bond donors (Lipinski definition) is 0. The Balaban J connectivity index is 1.88. The fraction of sp³-hybridized carbons (Fsp3) is 0.160. The molecular formula is C25H21N3O2. The van der Waals surface area contributed by atoms with Crippen LogP contribution in [-0.4, -0.2) is 27.0 Å². The van der Waals surface area contributed by atoms with Gasteiger partial charge in [0.05, 0.1) is 11.2 Å². The summed E-state index contributed by atoms with van der Waals surface area (Å²) in [5.41, 5.74) is 3.48. The van der Waals surface area contributed by atoms with Gasteiger partial charge in [-0.1, -0.05) is 44.0 Å². The summed E-state index contributed by atoms with van der Waals surface area (Å²) in [6.45, 7) is 4.48. The van der Waals surface area contributed by atoms with Crippen molar-refractivity contribution < 1.29 is 9.53 Å². The van der Waals surface area contributed by atoms with Gasteiger partial charge >= 0.3 is 0 Å². The molecule has 0 saturated carbocycles. The molecule has 2 heterocycles. The third-order valence-corrected chi connectivity index (χ3v) is 4.87. The second kappa shape index (κ2) is 8.22. The highest BCUT2D eigenvalue weighted by atomic mass is 16.5. The molecule has 2 aromatic carbocycles. The summed E-state index contributed by atoms with van der Waals surface area (Å²) in [6, 6.07) is 17.3. The van der Waals surface area contributed by atoms with E-state index in [-0.39, 0.29) is 18.3 Å². The Morgan fingerprint density at radius 1 is 1.10 bits per heavy atom. The lowest BCUT2D eigenvalue weighted by Crippen LogP contribution is -2.14. The van der Waals surface area contributed by atoms with Crippen molar-refractivity contribution in [2.75, 3.05) is 6.61 Å². The van der Waals surface area contributed by atoms with Crippen molar-refractivity contribution in [3.63, 3.8) is 0 Å². The van der Waals surface area contributed by atoms with Gasteiger partial charge in [0, 0.05) is 23.3 Å². The molecule has 0 fully saturated rings. The molecule has 148 valence electrons. The molecule has 0 bridgehead atoms. The number of carbonyl (C=O) groups is 1. The minimum absolute atomic E-state index is 0.138. The molecule has 4 aromatic rings. The quantitative estimate of drug-likeness (QED) is 0.450. The van der Waals surface area contributed by atoms with E-state index in [4.69, 9.17) is 11.2 Å². The van der Waals surface area contributed by atoms with Crippen LogP contribution in [0.2, 0.25) is 0 Å². The van der Waals surface area contributed by atoms with Crippen molar-refractivity contribution in [2.24, 2.45) is 0 Å². The lowest BCUT2D eigenvalue weighted by molar-refractivity contribution is 0.0950. The highest BCUT2D eigenvalue weighted by molar-refractivity contribution is 5.99. The molecular weight excluding hydrogens is 374 g/mol. The van der Waals surface area contributed by atoms with Crippen LogP contribution in [0.4, 0.5) is 0 Å². The van der Waals surface area contributed by atoms with Crippen LogP contribution in [0, 0.1) is 12.3 Å². The highest BCUT2D eigenvalue weighted by Crippen LogP contribution is 2.30. The lowest BCUT2D eigenvalue weighted by atomic mass is 9.99. The molecule has 0 spiro atoms. The van der Waals surface area contributed by atoms with E-state index < -0.39 is 0 Å². The summed E-state index contributed by atoms with van der Waals surface area (Å²) in [6.07, 6.45) is 8.68. The Morgan fingerprint density at radius 3 is 2.50 bits per heavy atom. The Morgan fingerprint density at radius 2 is 1.83 bits per heavy atom. The predicted molar refractivity (Wildman–Crippen MR) is 118 cm³/mol. The van der Waals surface area contributed by atoms with Crippen molar-refractivity contribution in [2.45, 2.75) is 19.8 Å². The number of fused-ring (bicyclic) bond motifs is 1. The molecule has 30 heavy (non-hydrogen) atoms. The number of benzene rings is 2. The molecule has 2 aromatic heterocycles. The van der Waals surface area contributed by atoms with Gasteiger partial charge in [-0.3, -0.25) is 9.36 Å². The molecule has 0 N–H and O–H groups in total. The minimum atomic E-state index is -0.283. The zero-order valence-electron chi connectivity index (χ0n) is 16.9. The van der Waals surface area contributed by atoms with E-state index in [1.807, 2.05) is 24.3 Å². The molecule has 5 nitrogen and oxygen atoms in total. The number of nitrogens with zero attached hydrogens (tertiary/aromatic N) is 3. The Bertz CT molecular complexity index is 1230. The van der Waals surface area contributed by atoms with Crippen molar-refractivity contribution in [1.82, 2.24) is 14.5 Å². The maximum Gasteiger partial charge on any atom is 0.299 e. The summed E-state index contributed by atoms with van der Waals surface area (Å²) in [5, 5.41) is 0.797. The number of rotatable bonds is 5. The number of hydrogen-bond acceptors (Lipinski definition) is 4. The Hall–Kier alpha value is -3.91. The average molecular weight is 395 g/mol. The topological polar surface area (TPSA) is 57.0 Å². The zero-order chi connectivity index (χ0) is 21.1. The number of aromatic nitrogens is 3. The van der Waals surface area contributed by atoms with Gasteiger partial charge in [0.2, 0.25) is 5.82 Å². The maximum absolute atomic E-state index is 12.9. The van der Waals surface area contributed by atoms with E-state index >= 15 is 0 Å². The SMILES string of the molecule is C#CCOc1ccc2nc(C(=O)n3cccc3)nc(-c3ccc(C(C)C)cc3)c2c1. The van der Waals surface area contributed by atoms with E-state index in [0.717, 1.165) is 10.9 Å². The van der Waals surface area contributed by atoms with Gasteiger partial charge in [0.15, 0.2) is 0 Å². The van der Waals surface area contributed by atoms with Crippen molar-refractivity contribution >= 4 is 16.8 Å². The largest absolute Gasteiger partial charge is 0.481 e. The van der Waals surface area contributed by atoms with Crippen LogP contribution in [0.25, 0.3) is 22.2 Å². The molecule has 0 saturated heterocycles. The molecule has 0 atom stereocenters. The van der Waals surface area contributed by atoms with E-state index in [0.29, 0.717) is 22.9 Å². The first-order valence-corrected chi connectivity index (χ1v) is 9.73. The average Bonchev–Trinajstić information content (AvgIpc) is 3.31. The smallest absolute Gasteiger partial charge is 0.299 e. The Labute approximate surface area is 175 Å². The fourth-order valence-electron chi connectivity index (χ4n) is 3.25. The Kier molecular flexibility index (Phi) is 5.32. The molecule has 0 aliphatic heterocycles. The van der Waals surface area contributed by atoms with Crippen molar-refractivity contribution in [3.8, 4) is 29.4 Å². The third-order valence-electron chi connectivity index (χ3n) is 4.87. The normalized spacial score (nSPS) is 10.9. The number of carbonyl (C=O) groups excluding carboxylic acids is 1. The third kappa shape index (κ3) is 3.81. The van der Waals surface area contributed by atoms with E-state index in [1.54, 1.807) is 30.6 Å². The zero-order valence-corrected chi connectivity index (χ0v) is 16.9. The van der Waals surface area contributed by atoms with E-state index in [1.165, 1.54) is 10.1 Å². The predicted octanol–water partition coefficient (Wildman–Crippen LogP) is 4.92. The van der Waals surface area contributed by atoms with Gasteiger partial charge in [-0.05, 0) is 41.8 Å². The van der Waals surface area contributed by atoms with Gasteiger partial charge < -0.3 is 4.74 Å². The maximum atomic E-state index is 12.9. The minimum Gasteiger partial charge on any atom is -0.481 e. The summed E-state index contributed by atoms with van der Waals surface area (Å²) < 4.78 is 7.05. The van der Waals surface area contributed by atoms with Gasteiger partial charge in [-0.2, -0.15) is 0 Å². The van der Waals surface area contributed by atoms with Gasteiger partial charge in [0.25, 0.3) is 5.91 Å². The summed E-state index contributed by atoms with van der Waals surface area (Å²) in [5.74, 6) is 3.38. The molecule has 0 amide bonds. The molecule has 5 heteroatoms. The fourth-order valence-corrected chi connectivity index (χ4v) is 3.25. The first-order valence-electron chi connectivity index (χ1n) is 9.73. The molecule has 0 aliphatic carbocycles. The summed E-state index contributed by atoms with van der Waals surface area (Å²) in [7, 11) is 0. The van der Waals surface area contributed by atoms with Crippen LogP contribution in [0.5, 0.6) is 5.75 Å². The lowest BCUT2D eigenvalue weighted by Gasteiger charge is -2.12. The summed E-state index contributed by atoms with van der Waals surface area (Å²) in [4.78, 5) is 22.0. The van der Waals surface area contributed by atoms with Crippen molar-refractivity contribution in [1.29, 1.82) is 0 Å². The van der Waals surface area contributed by atoms with Crippen LogP contribution in [0.1, 0.15) is 35.9 Å². The standard InChI is InChI=1S/C25H21N3O2/c1-4-15-30-20-11-12-22-21(16-20)23(19-9-7-18(8-10-19)17(2)3)27-24(26-22)25(29)28-13-5-6-14-28/h1,5-14,16-17H,15H2,2-3H3. The molecule has 4 rings (SSSR count). The first-order chi connectivity index (χ1) is 14.6. The van der Waals surface area contributed by atoms with Gasteiger partial charge in [-0.25, -0.2) is 9.97 Å². The van der Waals surface area contributed by atoms with E-state index in [9.17, 15) is 4.79 Å². The van der Waals surface area contributed by atoms with Crippen LogP contribution < -0.4 is 4.74 Å². The van der Waals surface area contributed by atoms with Gasteiger partial charge in [0.1, 0.15) is 12.4 Å². The van der Waals surface area contributed by atoms with Crippen LogP contribution in [0.3, 0.4) is 0 Å². The van der Waals surface area contributed by atoms with E-state index in [2.05, 4.69) is 41.9 Å². The molecule has 0 aliphatic rings. The highest BCUT2D eigenvalue weighted by Gasteiger charge is 2.17.